The fourth-order valence-corrected chi connectivity index (χ4v) is 1.11. The highest BCUT2D eigenvalue weighted by atomic mass is 35.5. The molecule has 66 valence electrons. The fraction of sp³-hybridized carbons (Fsp3) is 0. The normalized spacial score (nSPS) is 10.5. The summed E-state index contributed by atoms with van der Waals surface area (Å²) in [5.74, 6) is -0.797. The Labute approximate surface area is 76.7 Å². The molecule has 0 spiro atoms. The molecule has 0 amide bonds. The summed E-state index contributed by atoms with van der Waals surface area (Å²) in [7, 11) is 0. The van der Waals surface area contributed by atoms with Crippen LogP contribution in [0.25, 0.3) is 11.2 Å². The van der Waals surface area contributed by atoms with Crippen LogP contribution in [0.1, 0.15) is 10.4 Å². The van der Waals surface area contributed by atoms with E-state index in [-0.39, 0.29) is 11.1 Å². The summed E-state index contributed by atoms with van der Waals surface area (Å²) in [6.07, 6.45) is 0. The van der Waals surface area contributed by atoms with E-state index in [1.54, 1.807) is 0 Å². The number of halogens is 1. The summed E-state index contributed by atoms with van der Waals surface area (Å²) in [6.45, 7) is 0. The summed E-state index contributed by atoms with van der Waals surface area (Å²) >= 11 is 5.22. The zero-order valence-corrected chi connectivity index (χ0v) is 7.00. The lowest BCUT2D eigenvalue weighted by atomic mass is 10.2. The Hall–Kier alpha value is -1.55. The van der Waals surface area contributed by atoms with Crippen LogP contribution in [0, 0.1) is 0 Å². The summed E-state index contributed by atoms with van der Waals surface area (Å²) < 4.78 is 9.25. The van der Waals surface area contributed by atoms with Crippen LogP contribution >= 0.6 is 11.6 Å². The molecule has 5 heteroatoms. The summed E-state index contributed by atoms with van der Waals surface area (Å²) in [5, 5.41) is -0.606. The Kier molecular flexibility index (Phi) is 1.70. The van der Waals surface area contributed by atoms with Crippen molar-refractivity contribution < 1.29 is 13.6 Å². The van der Waals surface area contributed by atoms with Gasteiger partial charge >= 0.3 is 5.82 Å². The minimum atomic E-state index is -0.797. The van der Waals surface area contributed by atoms with E-state index < -0.39 is 11.1 Å². The highest BCUT2D eigenvalue weighted by molar-refractivity contribution is 6.67. The maximum atomic E-state index is 10.7. The molecule has 0 aliphatic heterocycles. The SMILES string of the molecule is O=C(Cl)c1ccc2oc(=O)oc2c1. The number of fused-ring (bicyclic) bond motifs is 1. The van der Waals surface area contributed by atoms with Crippen LogP contribution in [0.2, 0.25) is 0 Å². The molecule has 0 aliphatic rings. The van der Waals surface area contributed by atoms with E-state index in [1.165, 1.54) is 18.2 Å². The lowest BCUT2D eigenvalue weighted by Gasteiger charge is -1.89. The van der Waals surface area contributed by atoms with Gasteiger partial charge in [-0.1, -0.05) is 0 Å². The van der Waals surface area contributed by atoms with Gasteiger partial charge in [-0.2, -0.15) is 0 Å². The van der Waals surface area contributed by atoms with Crippen LogP contribution in [-0.2, 0) is 0 Å². The highest BCUT2D eigenvalue weighted by Crippen LogP contribution is 2.15. The van der Waals surface area contributed by atoms with Gasteiger partial charge in [0.2, 0.25) is 0 Å². The van der Waals surface area contributed by atoms with Crippen molar-refractivity contribution >= 4 is 28.0 Å². The van der Waals surface area contributed by atoms with Crippen molar-refractivity contribution in [2.24, 2.45) is 0 Å². The zero-order valence-electron chi connectivity index (χ0n) is 6.24. The van der Waals surface area contributed by atoms with Crippen molar-refractivity contribution in [2.45, 2.75) is 0 Å². The molecule has 1 aromatic carbocycles. The molecule has 0 unspecified atom stereocenters. The van der Waals surface area contributed by atoms with Crippen LogP contribution in [0.15, 0.2) is 31.8 Å². The van der Waals surface area contributed by atoms with Crippen LogP contribution in [0.3, 0.4) is 0 Å². The van der Waals surface area contributed by atoms with Crippen molar-refractivity contribution in [2.75, 3.05) is 0 Å². The predicted octanol–water partition coefficient (Wildman–Crippen LogP) is 1.76. The Bertz CT molecular complexity index is 522. The minimum Gasteiger partial charge on any atom is -0.391 e. The lowest BCUT2D eigenvalue weighted by Crippen LogP contribution is -1.86. The third kappa shape index (κ3) is 1.36. The quantitative estimate of drug-likeness (QED) is 0.655. The minimum absolute atomic E-state index is 0.219. The molecule has 0 saturated heterocycles. The van der Waals surface area contributed by atoms with Crippen LogP contribution < -0.4 is 5.82 Å². The van der Waals surface area contributed by atoms with Crippen molar-refractivity contribution in [3.05, 3.63) is 34.4 Å². The van der Waals surface area contributed by atoms with Gasteiger partial charge in [0.05, 0.1) is 0 Å². The number of carbonyl (C=O) groups is 1. The summed E-state index contributed by atoms with van der Waals surface area (Å²) in [4.78, 5) is 21.3. The smallest absolute Gasteiger partial charge is 0.391 e. The van der Waals surface area contributed by atoms with Gasteiger partial charge in [-0.15, -0.1) is 0 Å². The Morgan fingerprint density at radius 3 is 2.62 bits per heavy atom. The third-order valence-electron chi connectivity index (χ3n) is 1.56. The number of rotatable bonds is 1. The standard InChI is InChI=1S/C8H3ClO4/c9-7(10)4-1-2-5-6(3-4)13-8(11)12-5/h1-3H. The number of hydrogen-bond acceptors (Lipinski definition) is 4. The highest BCUT2D eigenvalue weighted by Gasteiger charge is 2.07. The second-order valence-electron chi connectivity index (χ2n) is 2.39. The zero-order chi connectivity index (χ0) is 9.42. The van der Waals surface area contributed by atoms with E-state index in [1.807, 2.05) is 0 Å². The van der Waals surface area contributed by atoms with E-state index in [0.717, 1.165) is 0 Å². The first-order valence-electron chi connectivity index (χ1n) is 3.40. The Morgan fingerprint density at radius 1 is 1.23 bits per heavy atom. The van der Waals surface area contributed by atoms with E-state index in [2.05, 4.69) is 8.83 Å². The summed E-state index contributed by atoms with van der Waals surface area (Å²) in [6, 6.07) is 4.27. The largest absolute Gasteiger partial charge is 0.519 e. The number of benzene rings is 1. The first-order valence-corrected chi connectivity index (χ1v) is 3.78. The van der Waals surface area contributed by atoms with E-state index in [0.29, 0.717) is 5.58 Å². The molecule has 0 saturated carbocycles. The molecule has 0 fully saturated rings. The summed E-state index contributed by atoms with van der Waals surface area (Å²) in [5.41, 5.74) is 0.780. The third-order valence-corrected chi connectivity index (χ3v) is 1.78. The average molecular weight is 199 g/mol. The monoisotopic (exact) mass is 198 g/mol. The molecule has 0 bridgehead atoms. The molecule has 1 heterocycles. The molecular formula is C8H3ClO4. The fourth-order valence-electron chi connectivity index (χ4n) is 0.995. The average Bonchev–Trinajstić information content (AvgIpc) is 2.42. The maximum absolute atomic E-state index is 10.7. The van der Waals surface area contributed by atoms with Gasteiger partial charge in [0, 0.05) is 5.56 Å². The van der Waals surface area contributed by atoms with E-state index >= 15 is 0 Å². The Balaban J connectivity index is 2.74. The molecule has 0 N–H and O–H groups in total. The van der Waals surface area contributed by atoms with Gasteiger partial charge in [-0.05, 0) is 29.8 Å². The maximum Gasteiger partial charge on any atom is 0.519 e. The molecular weight excluding hydrogens is 196 g/mol. The lowest BCUT2D eigenvalue weighted by molar-refractivity contribution is 0.108. The topological polar surface area (TPSA) is 60.4 Å². The van der Waals surface area contributed by atoms with Gasteiger partial charge in [0.15, 0.2) is 11.2 Å². The number of hydrogen-bond donors (Lipinski definition) is 0. The van der Waals surface area contributed by atoms with Gasteiger partial charge in [0.25, 0.3) is 5.24 Å². The number of carbonyl (C=O) groups excluding carboxylic acids is 1. The molecule has 0 atom stereocenters. The van der Waals surface area contributed by atoms with E-state index in [4.69, 9.17) is 11.6 Å². The molecule has 2 rings (SSSR count). The molecule has 4 nitrogen and oxygen atoms in total. The predicted molar refractivity (Wildman–Crippen MR) is 44.9 cm³/mol. The van der Waals surface area contributed by atoms with Crippen molar-refractivity contribution in [1.82, 2.24) is 0 Å². The molecule has 1 aromatic heterocycles. The van der Waals surface area contributed by atoms with Crippen molar-refractivity contribution in [3.63, 3.8) is 0 Å². The first kappa shape index (κ1) is 8.07. The Morgan fingerprint density at radius 2 is 1.92 bits per heavy atom. The van der Waals surface area contributed by atoms with Gasteiger partial charge in [0.1, 0.15) is 0 Å². The second kappa shape index (κ2) is 2.74. The second-order valence-corrected chi connectivity index (χ2v) is 2.73. The van der Waals surface area contributed by atoms with Crippen molar-refractivity contribution in [3.8, 4) is 0 Å². The first-order chi connectivity index (χ1) is 6.16. The molecule has 0 aliphatic carbocycles. The van der Waals surface area contributed by atoms with Gasteiger partial charge in [-0.25, -0.2) is 4.79 Å². The molecule has 2 aromatic rings. The van der Waals surface area contributed by atoms with Crippen LogP contribution in [0.5, 0.6) is 0 Å². The molecule has 0 radical (unpaired) electrons. The van der Waals surface area contributed by atoms with Crippen molar-refractivity contribution in [1.29, 1.82) is 0 Å². The van der Waals surface area contributed by atoms with Crippen LogP contribution in [0.4, 0.5) is 0 Å². The molecule has 13 heavy (non-hydrogen) atoms. The van der Waals surface area contributed by atoms with Gasteiger partial charge < -0.3 is 8.83 Å². The van der Waals surface area contributed by atoms with Gasteiger partial charge in [-0.3, -0.25) is 4.79 Å². The van der Waals surface area contributed by atoms with E-state index in [9.17, 15) is 9.59 Å². The van der Waals surface area contributed by atoms with Crippen LogP contribution in [-0.4, -0.2) is 5.24 Å².